The highest BCUT2D eigenvalue weighted by atomic mass is 19.4. The Morgan fingerprint density at radius 3 is 2.67 bits per heavy atom. The lowest BCUT2D eigenvalue weighted by Gasteiger charge is -2.30. The Balaban J connectivity index is 2.41. The minimum absolute atomic E-state index is 0.165. The number of rotatable bonds is 2. The summed E-state index contributed by atoms with van der Waals surface area (Å²) in [6, 6.07) is 4.44. The molecule has 1 aromatic rings. The van der Waals surface area contributed by atoms with Gasteiger partial charge in [0.25, 0.3) is 0 Å². The maximum atomic E-state index is 12.9. The van der Waals surface area contributed by atoms with Gasteiger partial charge in [-0.3, -0.25) is 0 Å². The first-order chi connectivity index (χ1) is 8.39. The summed E-state index contributed by atoms with van der Waals surface area (Å²) in [5, 5.41) is 2.90. The summed E-state index contributed by atoms with van der Waals surface area (Å²) in [5.41, 5.74) is 0.497. The van der Waals surface area contributed by atoms with Crippen molar-refractivity contribution in [2.75, 3.05) is 32.5 Å². The van der Waals surface area contributed by atoms with Crippen molar-refractivity contribution in [1.29, 1.82) is 0 Å². The van der Waals surface area contributed by atoms with Crippen LogP contribution in [0.3, 0.4) is 0 Å². The lowest BCUT2D eigenvalue weighted by molar-refractivity contribution is -0.137. The normalized spacial score (nSPS) is 19.6. The highest BCUT2D eigenvalue weighted by molar-refractivity contribution is 5.61. The number of hydrogen-bond donors (Lipinski definition) is 1. The number of nitrogens with one attached hydrogen (secondary N) is 1. The number of anilines is 1. The molecule has 0 aromatic heterocycles. The van der Waals surface area contributed by atoms with Gasteiger partial charge in [-0.1, -0.05) is 12.1 Å². The van der Waals surface area contributed by atoms with Crippen LogP contribution in [0.15, 0.2) is 18.2 Å². The minimum Gasteiger partial charge on any atom is -0.384 e. The molecule has 5 heteroatoms. The summed E-state index contributed by atoms with van der Waals surface area (Å²) in [6.07, 6.45) is -3.43. The van der Waals surface area contributed by atoms with Crippen LogP contribution in [-0.2, 0) is 6.18 Å². The van der Waals surface area contributed by atoms with Gasteiger partial charge in [-0.15, -0.1) is 0 Å². The van der Waals surface area contributed by atoms with Crippen LogP contribution < -0.4 is 5.32 Å². The van der Waals surface area contributed by atoms with E-state index in [1.54, 1.807) is 6.07 Å². The van der Waals surface area contributed by atoms with Crippen molar-refractivity contribution < 1.29 is 13.2 Å². The second kappa shape index (κ2) is 4.80. The molecule has 1 aliphatic heterocycles. The van der Waals surface area contributed by atoms with Gasteiger partial charge < -0.3 is 10.2 Å². The van der Waals surface area contributed by atoms with E-state index in [9.17, 15) is 13.2 Å². The zero-order valence-corrected chi connectivity index (χ0v) is 10.5. The predicted molar refractivity (Wildman–Crippen MR) is 65.8 cm³/mol. The predicted octanol–water partition coefficient (Wildman–Crippen LogP) is 3.17. The topological polar surface area (TPSA) is 15.3 Å². The number of hydrogen-bond acceptors (Lipinski definition) is 2. The molecule has 1 atom stereocenters. The van der Waals surface area contributed by atoms with Gasteiger partial charge in [0.2, 0.25) is 0 Å². The standard InChI is InChI=1S/C13H17F3N2/c1-18(2)8-9-6-7-17-12-10(9)4-3-5-11(12)13(14,15)16/h3-5,9,17H,6-8H2,1-2H3. The lowest BCUT2D eigenvalue weighted by atomic mass is 9.88. The molecule has 2 nitrogen and oxygen atoms in total. The Kier molecular flexibility index (Phi) is 3.52. The van der Waals surface area contributed by atoms with E-state index in [1.165, 1.54) is 6.07 Å². The molecule has 0 bridgehead atoms. The number of benzene rings is 1. The average Bonchev–Trinajstić information content (AvgIpc) is 2.26. The number of halogens is 3. The quantitative estimate of drug-likeness (QED) is 0.876. The Bertz CT molecular complexity index is 427. The zero-order chi connectivity index (χ0) is 13.3. The Morgan fingerprint density at radius 2 is 2.06 bits per heavy atom. The molecule has 1 heterocycles. The minimum atomic E-state index is -4.29. The molecule has 0 radical (unpaired) electrons. The van der Waals surface area contributed by atoms with Crippen LogP contribution in [0.5, 0.6) is 0 Å². The third-order valence-electron chi connectivity index (χ3n) is 3.22. The third-order valence-corrected chi connectivity index (χ3v) is 3.22. The van der Waals surface area contributed by atoms with Gasteiger partial charge >= 0.3 is 6.18 Å². The molecule has 1 unspecified atom stereocenters. The highest BCUT2D eigenvalue weighted by Crippen LogP contribution is 2.41. The molecule has 0 fully saturated rings. The summed E-state index contributed by atoms with van der Waals surface area (Å²) in [5.74, 6) is 0.165. The molecular formula is C13H17F3N2. The number of likely N-dealkylation sites (N-methyl/N-ethyl adjacent to an activating group) is 1. The van der Waals surface area contributed by atoms with E-state index in [4.69, 9.17) is 0 Å². The monoisotopic (exact) mass is 258 g/mol. The molecule has 0 amide bonds. The van der Waals surface area contributed by atoms with Crippen molar-refractivity contribution in [3.8, 4) is 0 Å². The van der Waals surface area contributed by atoms with Gasteiger partial charge in [0.05, 0.1) is 5.56 Å². The fraction of sp³-hybridized carbons (Fsp3) is 0.538. The number of nitrogens with zero attached hydrogens (tertiary/aromatic N) is 1. The van der Waals surface area contributed by atoms with Crippen LogP contribution in [-0.4, -0.2) is 32.1 Å². The number of para-hydroxylation sites is 1. The van der Waals surface area contributed by atoms with Crippen LogP contribution in [0.4, 0.5) is 18.9 Å². The molecule has 18 heavy (non-hydrogen) atoms. The number of fused-ring (bicyclic) bond motifs is 1. The van der Waals surface area contributed by atoms with Crippen molar-refractivity contribution in [2.24, 2.45) is 0 Å². The molecule has 1 aliphatic rings. The SMILES string of the molecule is CN(C)CC1CCNc2c1cccc2C(F)(F)F. The molecule has 0 saturated carbocycles. The Hall–Kier alpha value is -1.23. The summed E-state index contributed by atoms with van der Waals surface area (Å²) in [6.45, 7) is 1.37. The fourth-order valence-electron chi connectivity index (χ4n) is 2.50. The second-order valence-corrected chi connectivity index (χ2v) is 4.94. The zero-order valence-electron chi connectivity index (χ0n) is 10.5. The van der Waals surface area contributed by atoms with E-state index in [-0.39, 0.29) is 11.6 Å². The van der Waals surface area contributed by atoms with E-state index in [1.807, 2.05) is 19.0 Å². The molecule has 0 saturated heterocycles. The van der Waals surface area contributed by atoms with Crippen molar-refractivity contribution in [3.63, 3.8) is 0 Å². The molecule has 2 rings (SSSR count). The van der Waals surface area contributed by atoms with Gasteiger partial charge in [-0.05, 0) is 32.1 Å². The number of alkyl halides is 3. The Morgan fingerprint density at radius 1 is 1.33 bits per heavy atom. The van der Waals surface area contributed by atoms with Gasteiger partial charge in [0, 0.05) is 24.7 Å². The highest BCUT2D eigenvalue weighted by Gasteiger charge is 2.36. The van der Waals surface area contributed by atoms with Crippen molar-refractivity contribution in [2.45, 2.75) is 18.5 Å². The second-order valence-electron chi connectivity index (χ2n) is 4.94. The van der Waals surface area contributed by atoms with Crippen LogP contribution >= 0.6 is 0 Å². The first-order valence-electron chi connectivity index (χ1n) is 5.98. The maximum Gasteiger partial charge on any atom is 0.418 e. The maximum absolute atomic E-state index is 12.9. The van der Waals surface area contributed by atoms with Gasteiger partial charge in [-0.25, -0.2) is 0 Å². The first kappa shape index (κ1) is 13.2. The van der Waals surface area contributed by atoms with Gasteiger partial charge in [0.15, 0.2) is 0 Å². The lowest BCUT2D eigenvalue weighted by Crippen LogP contribution is -2.27. The average molecular weight is 258 g/mol. The van der Waals surface area contributed by atoms with Crippen molar-refractivity contribution >= 4 is 5.69 Å². The van der Waals surface area contributed by atoms with Crippen molar-refractivity contribution in [3.05, 3.63) is 29.3 Å². The molecule has 0 aliphatic carbocycles. The third kappa shape index (κ3) is 2.61. The summed E-state index contributed by atoms with van der Waals surface area (Å²) >= 11 is 0. The smallest absolute Gasteiger partial charge is 0.384 e. The van der Waals surface area contributed by atoms with E-state index >= 15 is 0 Å². The van der Waals surface area contributed by atoms with E-state index < -0.39 is 11.7 Å². The Labute approximate surface area is 105 Å². The van der Waals surface area contributed by atoms with E-state index in [2.05, 4.69) is 5.32 Å². The largest absolute Gasteiger partial charge is 0.418 e. The molecule has 0 spiro atoms. The first-order valence-corrected chi connectivity index (χ1v) is 5.98. The van der Waals surface area contributed by atoms with Gasteiger partial charge in [-0.2, -0.15) is 13.2 Å². The van der Waals surface area contributed by atoms with Crippen LogP contribution in [0.2, 0.25) is 0 Å². The fourth-order valence-corrected chi connectivity index (χ4v) is 2.50. The summed E-state index contributed by atoms with van der Waals surface area (Å²) in [7, 11) is 3.88. The van der Waals surface area contributed by atoms with Crippen molar-refractivity contribution in [1.82, 2.24) is 4.90 Å². The van der Waals surface area contributed by atoms with Crippen LogP contribution in [0.1, 0.15) is 23.5 Å². The summed E-state index contributed by atoms with van der Waals surface area (Å²) in [4.78, 5) is 2.01. The van der Waals surface area contributed by atoms with Crippen LogP contribution in [0, 0.1) is 0 Å². The van der Waals surface area contributed by atoms with Crippen LogP contribution in [0.25, 0.3) is 0 Å². The van der Waals surface area contributed by atoms with E-state index in [0.29, 0.717) is 6.54 Å². The van der Waals surface area contributed by atoms with Gasteiger partial charge in [0.1, 0.15) is 0 Å². The molecule has 1 aromatic carbocycles. The molecule has 100 valence electrons. The molecule has 1 N–H and O–H groups in total. The summed E-state index contributed by atoms with van der Waals surface area (Å²) < 4.78 is 38.7. The van der Waals surface area contributed by atoms with E-state index in [0.717, 1.165) is 24.6 Å². The molecular weight excluding hydrogens is 241 g/mol.